The third-order valence-corrected chi connectivity index (χ3v) is 4.18. The van der Waals surface area contributed by atoms with E-state index in [1.165, 1.54) is 21.8 Å². The van der Waals surface area contributed by atoms with Crippen molar-refractivity contribution in [1.29, 1.82) is 0 Å². The van der Waals surface area contributed by atoms with Crippen molar-refractivity contribution in [2.45, 2.75) is 24.9 Å². The van der Waals surface area contributed by atoms with Crippen LogP contribution in [0.4, 0.5) is 0 Å². The maximum absolute atomic E-state index is 12.1. The van der Waals surface area contributed by atoms with Crippen molar-refractivity contribution in [2.75, 3.05) is 0 Å². The fourth-order valence-corrected chi connectivity index (χ4v) is 2.80. The fourth-order valence-electron chi connectivity index (χ4n) is 1.78. The fraction of sp³-hybridized carbons (Fsp3) is 0.364. The lowest BCUT2D eigenvalue weighted by molar-refractivity contribution is 0.0685. The maximum atomic E-state index is 12.1. The van der Waals surface area contributed by atoms with Crippen LogP contribution in [0, 0.1) is 0 Å². The highest BCUT2D eigenvalue weighted by molar-refractivity contribution is 7.89. The molecule has 0 bridgehead atoms. The van der Waals surface area contributed by atoms with E-state index in [0.29, 0.717) is 12.4 Å². The summed E-state index contributed by atoms with van der Waals surface area (Å²) in [7, 11) is -2.15. The summed E-state index contributed by atoms with van der Waals surface area (Å²) in [6.45, 7) is 2.02. The standard InChI is InChI=1S/C11H15N5O4S/c1-3-16-6-8(4-9(16)11(17)18)21(19,20)13-5-10-12-7-15(2)14-10/h4,6-7,13H,3,5H2,1-2H3,(H,17,18). The van der Waals surface area contributed by atoms with Crippen LogP contribution in [0.2, 0.25) is 0 Å². The molecule has 2 aromatic heterocycles. The second-order valence-electron chi connectivity index (χ2n) is 4.31. The number of aromatic carboxylic acids is 1. The molecule has 0 unspecified atom stereocenters. The molecule has 21 heavy (non-hydrogen) atoms. The van der Waals surface area contributed by atoms with Gasteiger partial charge in [0, 0.05) is 19.8 Å². The van der Waals surface area contributed by atoms with Gasteiger partial charge in [-0.15, -0.1) is 0 Å². The molecular formula is C11H15N5O4S. The van der Waals surface area contributed by atoms with Crippen LogP contribution in [0.5, 0.6) is 0 Å². The molecule has 0 spiro atoms. The molecule has 2 aromatic rings. The molecule has 2 rings (SSSR count). The zero-order valence-electron chi connectivity index (χ0n) is 11.5. The molecule has 114 valence electrons. The molecule has 0 saturated heterocycles. The molecule has 0 aromatic carbocycles. The summed E-state index contributed by atoms with van der Waals surface area (Å²) in [6.07, 6.45) is 2.75. The molecule has 0 aliphatic carbocycles. The van der Waals surface area contributed by atoms with Crippen molar-refractivity contribution in [3.63, 3.8) is 0 Å². The van der Waals surface area contributed by atoms with E-state index in [4.69, 9.17) is 5.11 Å². The highest BCUT2D eigenvalue weighted by Gasteiger charge is 2.21. The van der Waals surface area contributed by atoms with Gasteiger partial charge in [0.1, 0.15) is 16.9 Å². The molecule has 10 heteroatoms. The number of nitrogens with one attached hydrogen (secondary N) is 1. The Bertz CT molecular complexity index is 761. The lowest BCUT2D eigenvalue weighted by Gasteiger charge is -2.02. The van der Waals surface area contributed by atoms with Crippen LogP contribution in [0.1, 0.15) is 23.2 Å². The van der Waals surface area contributed by atoms with E-state index in [1.54, 1.807) is 14.0 Å². The Hall–Kier alpha value is -2.20. The van der Waals surface area contributed by atoms with Crippen LogP contribution in [0.25, 0.3) is 0 Å². The van der Waals surface area contributed by atoms with Crippen LogP contribution < -0.4 is 4.72 Å². The van der Waals surface area contributed by atoms with Gasteiger partial charge < -0.3 is 9.67 Å². The zero-order chi connectivity index (χ0) is 15.6. The number of aryl methyl sites for hydroxylation is 2. The highest BCUT2D eigenvalue weighted by atomic mass is 32.2. The number of carbonyl (C=O) groups is 1. The molecule has 0 fully saturated rings. The molecule has 2 heterocycles. The van der Waals surface area contributed by atoms with Gasteiger partial charge in [-0.05, 0) is 13.0 Å². The number of hydrogen-bond donors (Lipinski definition) is 2. The number of sulfonamides is 1. The minimum Gasteiger partial charge on any atom is -0.477 e. The lowest BCUT2D eigenvalue weighted by Crippen LogP contribution is -2.23. The van der Waals surface area contributed by atoms with Crippen LogP contribution in [-0.4, -0.2) is 38.8 Å². The largest absolute Gasteiger partial charge is 0.477 e. The van der Waals surface area contributed by atoms with Crippen LogP contribution in [0.3, 0.4) is 0 Å². The van der Waals surface area contributed by atoms with Gasteiger partial charge in [0.05, 0.1) is 6.54 Å². The smallest absolute Gasteiger partial charge is 0.352 e. The first-order chi connectivity index (χ1) is 9.83. The van der Waals surface area contributed by atoms with Crippen molar-refractivity contribution in [2.24, 2.45) is 7.05 Å². The van der Waals surface area contributed by atoms with E-state index in [0.717, 1.165) is 6.07 Å². The average Bonchev–Trinajstić information content (AvgIpc) is 3.02. The maximum Gasteiger partial charge on any atom is 0.352 e. The molecule has 0 aliphatic heterocycles. The van der Waals surface area contributed by atoms with Gasteiger partial charge >= 0.3 is 5.97 Å². The quantitative estimate of drug-likeness (QED) is 0.763. The number of hydrogen-bond acceptors (Lipinski definition) is 5. The SMILES string of the molecule is CCn1cc(S(=O)(=O)NCc2ncn(C)n2)cc1C(=O)O. The van der Waals surface area contributed by atoms with Gasteiger partial charge in [-0.2, -0.15) is 5.10 Å². The predicted molar refractivity (Wildman–Crippen MR) is 72.1 cm³/mol. The summed E-state index contributed by atoms with van der Waals surface area (Å²) < 4.78 is 29.4. The van der Waals surface area contributed by atoms with E-state index in [-0.39, 0.29) is 17.1 Å². The number of rotatable bonds is 6. The van der Waals surface area contributed by atoms with Crippen LogP contribution in [0.15, 0.2) is 23.5 Å². The second-order valence-corrected chi connectivity index (χ2v) is 6.08. The van der Waals surface area contributed by atoms with Crippen LogP contribution >= 0.6 is 0 Å². The first-order valence-electron chi connectivity index (χ1n) is 6.11. The van der Waals surface area contributed by atoms with Gasteiger partial charge in [-0.25, -0.2) is 22.9 Å². The number of aromatic nitrogens is 4. The minimum absolute atomic E-state index is 0.0666. The monoisotopic (exact) mass is 313 g/mol. The summed E-state index contributed by atoms with van der Waals surface area (Å²) >= 11 is 0. The Morgan fingerprint density at radius 1 is 1.48 bits per heavy atom. The number of nitrogens with zero attached hydrogens (tertiary/aromatic N) is 4. The Morgan fingerprint density at radius 2 is 2.19 bits per heavy atom. The molecule has 0 radical (unpaired) electrons. The normalized spacial score (nSPS) is 11.7. The van der Waals surface area contributed by atoms with E-state index in [2.05, 4.69) is 14.8 Å². The third kappa shape index (κ3) is 3.28. The minimum atomic E-state index is -3.82. The summed E-state index contributed by atoms with van der Waals surface area (Å²) in [6, 6.07) is 1.13. The van der Waals surface area contributed by atoms with Gasteiger partial charge in [-0.1, -0.05) is 0 Å². The van der Waals surface area contributed by atoms with Crippen molar-refractivity contribution in [1.82, 2.24) is 24.1 Å². The van der Waals surface area contributed by atoms with Crippen molar-refractivity contribution in [3.05, 3.63) is 30.1 Å². The van der Waals surface area contributed by atoms with E-state index in [9.17, 15) is 13.2 Å². The van der Waals surface area contributed by atoms with E-state index < -0.39 is 16.0 Å². The van der Waals surface area contributed by atoms with Gasteiger partial charge in [0.25, 0.3) is 0 Å². The second kappa shape index (κ2) is 5.66. The zero-order valence-corrected chi connectivity index (χ0v) is 12.3. The van der Waals surface area contributed by atoms with E-state index in [1.807, 2.05) is 0 Å². The molecule has 2 N–H and O–H groups in total. The van der Waals surface area contributed by atoms with Gasteiger partial charge in [-0.3, -0.25) is 4.68 Å². The Morgan fingerprint density at radius 3 is 2.67 bits per heavy atom. The number of carboxylic acids is 1. The van der Waals surface area contributed by atoms with Crippen molar-refractivity contribution < 1.29 is 18.3 Å². The number of carboxylic acid groups (broad SMARTS) is 1. The van der Waals surface area contributed by atoms with E-state index >= 15 is 0 Å². The first kappa shape index (κ1) is 15.2. The van der Waals surface area contributed by atoms with Crippen molar-refractivity contribution in [3.8, 4) is 0 Å². The molecule has 0 atom stereocenters. The summed E-state index contributed by atoms with van der Waals surface area (Å²) in [5, 5.41) is 13.0. The molecule has 0 amide bonds. The Balaban J connectivity index is 2.21. The van der Waals surface area contributed by atoms with Gasteiger partial charge in [0.2, 0.25) is 10.0 Å². The Kier molecular flexibility index (Phi) is 4.09. The summed E-state index contributed by atoms with van der Waals surface area (Å²) in [5.41, 5.74) is -0.0752. The molecule has 0 aliphatic rings. The molecule has 9 nitrogen and oxygen atoms in total. The predicted octanol–water partition coefficient (Wildman–Crippen LogP) is -0.187. The first-order valence-corrected chi connectivity index (χ1v) is 7.59. The molecular weight excluding hydrogens is 298 g/mol. The highest BCUT2D eigenvalue weighted by Crippen LogP contribution is 2.15. The van der Waals surface area contributed by atoms with Crippen LogP contribution in [-0.2, 0) is 30.2 Å². The van der Waals surface area contributed by atoms with Crippen molar-refractivity contribution >= 4 is 16.0 Å². The Labute approximate surface area is 121 Å². The summed E-state index contributed by atoms with van der Waals surface area (Å²) in [4.78, 5) is 14.9. The average molecular weight is 313 g/mol. The lowest BCUT2D eigenvalue weighted by atomic mass is 10.4. The third-order valence-electron chi connectivity index (χ3n) is 2.81. The molecule has 0 saturated carbocycles. The topological polar surface area (TPSA) is 119 Å². The van der Waals surface area contributed by atoms with Gasteiger partial charge in [0.15, 0.2) is 5.82 Å². The summed E-state index contributed by atoms with van der Waals surface area (Å²) in [5.74, 6) is -0.848.